The number of fused-ring (bicyclic) bond motifs is 1. The second-order valence-electron chi connectivity index (χ2n) is 9.79. The topological polar surface area (TPSA) is 135 Å². The molecule has 0 aromatic heterocycles. The molecule has 0 spiro atoms. The van der Waals surface area contributed by atoms with E-state index in [-0.39, 0.29) is 18.7 Å². The average molecular weight is 563 g/mol. The van der Waals surface area contributed by atoms with Crippen molar-refractivity contribution in [1.29, 1.82) is 0 Å². The maximum Gasteiger partial charge on any atom is 0.346 e. The van der Waals surface area contributed by atoms with Crippen molar-refractivity contribution in [3.8, 4) is 17.2 Å². The fraction of sp³-hybridized carbons (Fsp3) is 0.323. The Morgan fingerprint density at radius 1 is 0.927 bits per heavy atom. The van der Waals surface area contributed by atoms with Crippen LogP contribution >= 0.6 is 0 Å². The van der Waals surface area contributed by atoms with Crippen LogP contribution in [-0.4, -0.2) is 60.5 Å². The maximum absolute atomic E-state index is 13.0. The number of nitrogens with one attached hydrogen (secondary N) is 1. The zero-order valence-corrected chi connectivity index (χ0v) is 23.1. The number of aliphatic carboxylic acids is 2. The van der Waals surface area contributed by atoms with Gasteiger partial charge < -0.3 is 34.6 Å². The molecular weight excluding hydrogens is 528 g/mol. The Labute approximate surface area is 238 Å². The summed E-state index contributed by atoms with van der Waals surface area (Å²) in [6, 6.07) is 17.9. The van der Waals surface area contributed by atoms with Gasteiger partial charge in [0, 0.05) is 24.9 Å². The van der Waals surface area contributed by atoms with Crippen LogP contribution in [0.5, 0.6) is 17.2 Å². The molecule has 1 aliphatic rings. The summed E-state index contributed by atoms with van der Waals surface area (Å²) in [6.45, 7) is 5.42. The predicted octanol–water partition coefficient (Wildman–Crippen LogP) is 4.92. The van der Waals surface area contributed by atoms with Crippen molar-refractivity contribution in [3.63, 3.8) is 0 Å². The molecule has 41 heavy (non-hydrogen) atoms. The molecule has 0 fully saturated rings. The minimum absolute atomic E-state index is 0.0403. The van der Waals surface area contributed by atoms with Crippen molar-refractivity contribution in [2.45, 2.75) is 39.2 Å². The van der Waals surface area contributed by atoms with Gasteiger partial charge in [0.25, 0.3) is 5.91 Å². The highest BCUT2D eigenvalue weighted by Crippen LogP contribution is 2.40. The molecule has 1 amide bonds. The van der Waals surface area contributed by atoms with Crippen LogP contribution in [0.25, 0.3) is 0 Å². The average Bonchev–Trinajstić information content (AvgIpc) is 2.94. The minimum Gasteiger partial charge on any atom is -0.493 e. The number of anilines is 2. The molecule has 1 atom stereocenters. The van der Waals surface area contributed by atoms with Gasteiger partial charge >= 0.3 is 11.9 Å². The van der Waals surface area contributed by atoms with Crippen molar-refractivity contribution in [2.24, 2.45) is 0 Å². The number of carbonyl (C=O) groups excluding carboxylic acids is 1. The third-order valence-corrected chi connectivity index (χ3v) is 6.65. The highest BCUT2D eigenvalue weighted by Gasteiger charge is 2.32. The summed E-state index contributed by atoms with van der Waals surface area (Å²) in [6.07, 6.45) is -0.167. The summed E-state index contributed by atoms with van der Waals surface area (Å²) in [7, 11) is 0. The Morgan fingerprint density at radius 3 is 2.29 bits per heavy atom. The predicted molar refractivity (Wildman–Crippen MR) is 153 cm³/mol. The number of amides is 1. The largest absolute Gasteiger partial charge is 0.493 e. The van der Waals surface area contributed by atoms with Gasteiger partial charge in [0.1, 0.15) is 11.5 Å². The lowest BCUT2D eigenvalue weighted by Crippen LogP contribution is -2.45. The second kappa shape index (κ2) is 13.6. The van der Waals surface area contributed by atoms with Gasteiger partial charge in [-0.3, -0.25) is 9.59 Å². The Kier molecular flexibility index (Phi) is 9.68. The Hall–Kier alpha value is -4.73. The number of hydrogen-bond donors (Lipinski definition) is 3. The van der Waals surface area contributed by atoms with Gasteiger partial charge in [-0.15, -0.1) is 0 Å². The zero-order chi connectivity index (χ0) is 29.4. The smallest absolute Gasteiger partial charge is 0.346 e. The number of hydrogen-bond acceptors (Lipinski definition) is 7. The summed E-state index contributed by atoms with van der Waals surface area (Å²) >= 11 is 0. The van der Waals surface area contributed by atoms with Crippen LogP contribution in [-0.2, 0) is 9.59 Å². The summed E-state index contributed by atoms with van der Waals surface area (Å²) in [5.74, 6) is -0.712. The number of para-hydroxylation sites is 2. The first kappa shape index (κ1) is 29.3. The second-order valence-corrected chi connectivity index (χ2v) is 9.79. The highest BCUT2D eigenvalue weighted by molar-refractivity contribution is 6.05. The lowest BCUT2D eigenvalue weighted by Gasteiger charge is -2.35. The molecule has 0 bridgehead atoms. The lowest BCUT2D eigenvalue weighted by atomic mass is 10.1. The third kappa shape index (κ3) is 7.69. The zero-order valence-electron chi connectivity index (χ0n) is 23.1. The fourth-order valence-electron chi connectivity index (χ4n) is 4.58. The first-order valence-corrected chi connectivity index (χ1v) is 13.5. The third-order valence-electron chi connectivity index (χ3n) is 6.65. The molecule has 0 radical (unpaired) electrons. The van der Waals surface area contributed by atoms with Crippen LogP contribution in [0, 0.1) is 13.8 Å². The molecule has 216 valence electrons. The van der Waals surface area contributed by atoms with E-state index in [9.17, 15) is 19.5 Å². The van der Waals surface area contributed by atoms with Gasteiger partial charge in [0.2, 0.25) is 6.10 Å². The van der Waals surface area contributed by atoms with Crippen LogP contribution in [0.2, 0.25) is 0 Å². The lowest BCUT2D eigenvalue weighted by molar-refractivity contribution is -0.145. The molecule has 3 N–H and O–H groups in total. The van der Waals surface area contributed by atoms with Gasteiger partial charge in [-0.2, -0.15) is 0 Å². The molecule has 1 heterocycles. The van der Waals surface area contributed by atoms with E-state index < -0.39 is 23.9 Å². The van der Waals surface area contributed by atoms with E-state index in [0.29, 0.717) is 55.3 Å². The first-order valence-electron chi connectivity index (χ1n) is 13.5. The molecule has 3 aromatic carbocycles. The summed E-state index contributed by atoms with van der Waals surface area (Å²) in [4.78, 5) is 37.5. The highest BCUT2D eigenvalue weighted by atomic mass is 16.5. The first-order chi connectivity index (χ1) is 19.7. The normalized spacial score (nSPS) is 14.0. The number of aryl methyl sites for hydroxylation is 2. The molecule has 4 rings (SSSR count). The standard InChI is InChI=1S/C31H34N2O8/c1-20-7-3-8-21(2)28(20)40-18-6-17-39-23-14-12-22(13-15-23)30(36)32-24-9-4-10-25-29(24)41-26(31(37)38)19-33(25)16-5-11-27(34)35/h3-4,7-10,12-15,26H,5-6,11,16-19H2,1-2H3,(H,32,36)(H,34,35)(H,37,38). The number of carboxylic acids is 2. The van der Waals surface area contributed by atoms with E-state index in [1.165, 1.54) is 0 Å². The summed E-state index contributed by atoms with van der Waals surface area (Å²) in [5.41, 5.74) is 3.49. The number of carboxylic acid groups (broad SMARTS) is 2. The number of rotatable bonds is 13. The number of carbonyl (C=O) groups is 3. The van der Waals surface area contributed by atoms with Crippen LogP contribution in [0.15, 0.2) is 60.7 Å². The van der Waals surface area contributed by atoms with E-state index in [1.807, 2.05) is 32.0 Å². The van der Waals surface area contributed by atoms with Crippen LogP contribution < -0.4 is 24.4 Å². The van der Waals surface area contributed by atoms with Gasteiger partial charge in [-0.05, 0) is 67.8 Å². The Bertz CT molecular complexity index is 1370. The molecule has 10 heteroatoms. The van der Waals surface area contributed by atoms with Crippen molar-refractivity contribution >= 4 is 29.2 Å². The van der Waals surface area contributed by atoms with Gasteiger partial charge in [0.15, 0.2) is 5.75 Å². The molecule has 0 aliphatic carbocycles. The fourth-order valence-corrected chi connectivity index (χ4v) is 4.58. The van der Waals surface area contributed by atoms with Crippen molar-refractivity contribution in [3.05, 3.63) is 77.4 Å². The van der Waals surface area contributed by atoms with E-state index >= 15 is 0 Å². The summed E-state index contributed by atoms with van der Waals surface area (Å²) in [5, 5.41) is 21.4. The number of ether oxygens (including phenoxy) is 3. The van der Waals surface area contributed by atoms with Crippen molar-refractivity contribution in [1.82, 2.24) is 0 Å². The van der Waals surface area contributed by atoms with E-state index in [4.69, 9.17) is 19.3 Å². The summed E-state index contributed by atoms with van der Waals surface area (Å²) < 4.78 is 17.4. The Balaban J connectivity index is 1.34. The van der Waals surface area contributed by atoms with E-state index in [1.54, 1.807) is 47.4 Å². The SMILES string of the molecule is Cc1cccc(C)c1OCCCOc1ccc(C(=O)Nc2cccc3c2OC(C(=O)O)CN3CCCC(=O)O)cc1. The van der Waals surface area contributed by atoms with Crippen LogP contribution in [0.1, 0.15) is 40.7 Å². The van der Waals surface area contributed by atoms with Gasteiger partial charge in [0.05, 0.1) is 31.1 Å². The van der Waals surface area contributed by atoms with E-state index in [0.717, 1.165) is 16.9 Å². The molecular formula is C31H34N2O8. The number of nitrogens with zero attached hydrogens (tertiary/aromatic N) is 1. The van der Waals surface area contributed by atoms with Crippen LogP contribution in [0.3, 0.4) is 0 Å². The van der Waals surface area contributed by atoms with Crippen molar-refractivity contribution < 1.29 is 38.8 Å². The quantitative estimate of drug-likeness (QED) is 0.248. The molecule has 1 aliphatic heterocycles. The monoisotopic (exact) mass is 562 g/mol. The molecule has 0 saturated heterocycles. The molecule has 0 saturated carbocycles. The van der Waals surface area contributed by atoms with Crippen molar-refractivity contribution in [2.75, 3.05) is 36.5 Å². The van der Waals surface area contributed by atoms with E-state index in [2.05, 4.69) is 5.32 Å². The molecule has 10 nitrogen and oxygen atoms in total. The number of benzene rings is 3. The Morgan fingerprint density at radius 2 is 1.61 bits per heavy atom. The van der Waals surface area contributed by atoms with Gasteiger partial charge in [-0.1, -0.05) is 24.3 Å². The minimum atomic E-state index is -1.16. The molecule has 3 aromatic rings. The van der Waals surface area contributed by atoms with Crippen LogP contribution in [0.4, 0.5) is 11.4 Å². The maximum atomic E-state index is 13.0. The molecule has 1 unspecified atom stereocenters. The van der Waals surface area contributed by atoms with Gasteiger partial charge in [-0.25, -0.2) is 4.79 Å².